The van der Waals surface area contributed by atoms with Crippen molar-refractivity contribution in [3.8, 4) is 10.6 Å². The van der Waals surface area contributed by atoms with Crippen molar-refractivity contribution in [3.63, 3.8) is 0 Å². The maximum absolute atomic E-state index is 12.3. The lowest BCUT2D eigenvalue weighted by atomic mass is 10.1. The van der Waals surface area contributed by atoms with Gasteiger partial charge in [-0.25, -0.2) is 9.97 Å². The number of fused-ring (bicyclic) bond motifs is 1. The van der Waals surface area contributed by atoms with Gasteiger partial charge in [-0.05, 0) is 67.1 Å². The van der Waals surface area contributed by atoms with Gasteiger partial charge in [0.15, 0.2) is 5.78 Å². The van der Waals surface area contributed by atoms with Gasteiger partial charge in [-0.15, -0.1) is 0 Å². The van der Waals surface area contributed by atoms with Crippen LogP contribution >= 0.6 is 22.9 Å². The van der Waals surface area contributed by atoms with Gasteiger partial charge in [-0.3, -0.25) is 9.59 Å². The highest BCUT2D eigenvalue weighted by atomic mass is 35.5. The Morgan fingerprint density at radius 2 is 1.87 bits per heavy atom. The van der Waals surface area contributed by atoms with Gasteiger partial charge < -0.3 is 5.32 Å². The molecule has 0 aliphatic heterocycles. The van der Waals surface area contributed by atoms with Crippen LogP contribution in [0.2, 0.25) is 5.02 Å². The second kappa shape index (κ2) is 8.73. The van der Waals surface area contributed by atoms with Crippen LogP contribution in [-0.4, -0.2) is 21.7 Å². The molecule has 0 spiro atoms. The summed E-state index contributed by atoms with van der Waals surface area (Å²) < 4.78 is 0. The summed E-state index contributed by atoms with van der Waals surface area (Å²) in [6.07, 6.45) is 2.02. The number of Topliss-reactive ketones (excluding diaryl/α,β-unsaturated/α-hetero) is 1. The molecule has 1 amide bonds. The van der Waals surface area contributed by atoms with Crippen LogP contribution < -0.4 is 5.32 Å². The molecule has 150 valence electrons. The Kier molecular flexibility index (Phi) is 5.88. The van der Waals surface area contributed by atoms with Crippen LogP contribution in [0, 0.1) is 6.92 Å². The van der Waals surface area contributed by atoms with Crippen LogP contribution in [0.15, 0.2) is 60.8 Å². The third kappa shape index (κ3) is 4.56. The Bertz CT molecular complexity index is 1200. The second-order valence-electron chi connectivity index (χ2n) is 6.85. The van der Waals surface area contributed by atoms with E-state index in [9.17, 15) is 9.59 Å². The maximum atomic E-state index is 12.3. The molecule has 0 saturated heterocycles. The lowest BCUT2D eigenvalue weighted by molar-refractivity contribution is -0.116. The van der Waals surface area contributed by atoms with E-state index in [2.05, 4.69) is 15.3 Å². The van der Waals surface area contributed by atoms with E-state index in [-0.39, 0.29) is 24.5 Å². The fourth-order valence-electron chi connectivity index (χ4n) is 3.05. The van der Waals surface area contributed by atoms with E-state index in [0.29, 0.717) is 10.6 Å². The van der Waals surface area contributed by atoms with Gasteiger partial charge in [0.25, 0.3) is 0 Å². The zero-order valence-corrected chi connectivity index (χ0v) is 17.8. The number of carbonyl (C=O) groups excluding carboxylic acids is 2. The molecule has 0 saturated carbocycles. The first-order valence-electron chi connectivity index (χ1n) is 9.41. The SMILES string of the molecule is Cc1cc(-c2nc3cccnc3s2)ccc1NC(=O)CCC(=O)c1ccc(Cl)cc1. The molecule has 2 heterocycles. The zero-order chi connectivity index (χ0) is 21.1. The molecular weight excluding hydrogens is 418 g/mol. The summed E-state index contributed by atoms with van der Waals surface area (Å²) in [5, 5.41) is 4.35. The minimum Gasteiger partial charge on any atom is -0.326 e. The number of anilines is 1. The van der Waals surface area contributed by atoms with Crippen molar-refractivity contribution in [1.29, 1.82) is 0 Å². The highest BCUT2D eigenvalue weighted by Crippen LogP contribution is 2.31. The fourth-order valence-corrected chi connectivity index (χ4v) is 4.08. The number of thiazole rings is 1. The van der Waals surface area contributed by atoms with E-state index >= 15 is 0 Å². The van der Waals surface area contributed by atoms with E-state index < -0.39 is 0 Å². The maximum Gasteiger partial charge on any atom is 0.224 e. The molecule has 2 aromatic carbocycles. The van der Waals surface area contributed by atoms with Crippen molar-refractivity contribution >= 4 is 50.7 Å². The van der Waals surface area contributed by atoms with Gasteiger partial charge in [-0.1, -0.05) is 22.9 Å². The van der Waals surface area contributed by atoms with Gasteiger partial charge in [0.1, 0.15) is 15.4 Å². The molecule has 0 unspecified atom stereocenters. The molecule has 0 radical (unpaired) electrons. The quantitative estimate of drug-likeness (QED) is 0.381. The number of aryl methyl sites for hydroxylation is 1. The number of ketones is 1. The average Bonchev–Trinajstić information content (AvgIpc) is 3.18. The number of aromatic nitrogens is 2. The van der Waals surface area contributed by atoms with Gasteiger partial charge >= 0.3 is 0 Å². The van der Waals surface area contributed by atoms with Crippen molar-refractivity contribution < 1.29 is 9.59 Å². The molecule has 2 aromatic heterocycles. The molecule has 7 heteroatoms. The highest BCUT2D eigenvalue weighted by molar-refractivity contribution is 7.21. The standard InChI is InChI=1S/C23H18ClN3O2S/c1-14-13-16(22-27-19-3-2-12-25-23(19)30-22)6-9-18(14)26-21(29)11-10-20(28)15-4-7-17(24)8-5-15/h2-9,12-13H,10-11H2,1H3,(H,26,29). The molecule has 0 aliphatic rings. The monoisotopic (exact) mass is 435 g/mol. The number of halogens is 1. The van der Waals surface area contributed by atoms with Gasteiger partial charge in [0.2, 0.25) is 5.91 Å². The van der Waals surface area contributed by atoms with E-state index in [1.54, 1.807) is 30.5 Å². The number of nitrogens with one attached hydrogen (secondary N) is 1. The van der Waals surface area contributed by atoms with Crippen molar-refractivity contribution in [2.45, 2.75) is 19.8 Å². The number of hydrogen-bond donors (Lipinski definition) is 1. The predicted octanol–water partition coefficient (Wildman–Crippen LogP) is 5.92. The van der Waals surface area contributed by atoms with Crippen molar-refractivity contribution in [3.05, 3.63) is 76.9 Å². The van der Waals surface area contributed by atoms with Crippen molar-refractivity contribution in [1.82, 2.24) is 9.97 Å². The van der Waals surface area contributed by atoms with Crippen LogP contribution in [0.3, 0.4) is 0 Å². The van der Waals surface area contributed by atoms with Gasteiger partial charge in [-0.2, -0.15) is 0 Å². The average molecular weight is 436 g/mol. The largest absolute Gasteiger partial charge is 0.326 e. The number of nitrogens with zero attached hydrogens (tertiary/aromatic N) is 2. The topological polar surface area (TPSA) is 72.0 Å². The molecule has 5 nitrogen and oxygen atoms in total. The Morgan fingerprint density at radius 1 is 1.07 bits per heavy atom. The number of pyridine rings is 1. The summed E-state index contributed by atoms with van der Waals surface area (Å²) in [4.78, 5) is 34.4. The summed E-state index contributed by atoms with van der Waals surface area (Å²) in [5.74, 6) is -0.282. The number of rotatable bonds is 6. The minimum absolute atomic E-state index is 0.0849. The zero-order valence-electron chi connectivity index (χ0n) is 16.2. The van der Waals surface area contributed by atoms with E-state index in [0.717, 1.165) is 32.2 Å². The molecule has 0 atom stereocenters. The Balaban J connectivity index is 1.40. The van der Waals surface area contributed by atoms with Crippen LogP contribution in [0.1, 0.15) is 28.8 Å². The number of amides is 1. The summed E-state index contributed by atoms with van der Waals surface area (Å²) in [6, 6.07) is 16.3. The van der Waals surface area contributed by atoms with Crippen molar-refractivity contribution in [2.75, 3.05) is 5.32 Å². The summed E-state index contributed by atoms with van der Waals surface area (Å²) >= 11 is 7.37. The van der Waals surface area contributed by atoms with Crippen LogP contribution in [0.25, 0.3) is 20.9 Å². The minimum atomic E-state index is -0.197. The Morgan fingerprint density at radius 3 is 2.60 bits per heavy atom. The van der Waals surface area contributed by atoms with Gasteiger partial charge in [0.05, 0.1) is 0 Å². The third-order valence-corrected chi connectivity index (χ3v) is 5.94. The highest BCUT2D eigenvalue weighted by Gasteiger charge is 2.12. The molecule has 4 aromatic rings. The van der Waals surface area contributed by atoms with Gasteiger partial charge in [0, 0.05) is 40.9 Å². The second-order valence-corrected chi connectivity index (χ2v) is 8.27. The molecule has 1 N–H and O–H groups in total. The number of carbonyl (C=O) groups is 2. The van der Waals surface area contributed by atoms with E-state index in [1.165, 1.54) is 11.3 Å². The smallest absolute Gasteiger partial charge is 0.224 e. The lowest BCUT2D eigenvalue weighted by Gasteiger charge is -2.09. The molecule has 0 bridgehead atoms. The molecule has 0 fully saturated rings. The summed E-state index contributed by atoms with van der Waals surface area (Å²) in [7, 11) is 0. The third-order valence-electron chi connectivity index (χ3n) is 4.66. The number of benzene rings is 2. The number of hydrogen-bond acceptors (Lipinski definition) is 5. The van der Waals surface area contributed by atoms with Crippen LogP contribution in [0.4, 0.5) is 5.69 Å². The van der Waals surface area contributed by atoms with Crippen LogP contribution in [0.5, 0.6) is 0 Å². The van der Waals surface area contributed by atoms with Crippen molar-refractivity contribution in [2.24, 2.45) is 0 Å². The Hall–Kier alpha value is -3.09. The first kappa shape index (κ1) is 20.2. The van der Waals surface area contributed by atoms with Crippen LogP contribution in [-0.2, 0) is 4.79 Å². The molecular formula is C23H18ClN3O2S. The fraction of sp³-hybridized carbons (Fsp3) is 0.130. The normalized spacial score (nSPS) is 10.9. The predicted molar refractivity (Wildman–Crippen MR) is 121 cm³/mol. The first-order chi connectivity index (χ1) is 14.5. The first-order valence-corrected chi connectivity index (χ1v) is 10.6. The summed E-state index contributed by atoms with van der Waals surface area (Å²) in [6.45, 7) is 1.93. The Labute approximate surface area is 182 Å². The molecule has 0 aliphatic carbocycles. The van der Waals surface area contributed by atoms with E-state index in [1.807, 2.05) is 37.3 Å². The van der Waals surface area contributed by atoms with E-state index in [4.69, 9.17) is 11.6 Å². The summed E-state index contributed by atoms with van der Waals surface area (Å²) in [5.41, 5.74) is 4.06. The molecule has 4 rings (SSSR count). The molecule has 30 heavy (non-hydrogen) atoms. The lowest BCUT2D eigenvalue weighted by Crippen LogP contribution is -2.14.